The number of phenols is 1. The third-order valence-corrected chi connectivity index (χ3v) is 7.88. The smallest absolute Gasteiger partial charge is 0.347 e. The normalized spacial score (nSPS) is 10.4. The second kappa shape index (κ2) is 25.2. The molecule has 0 aliphatic heterocycles. The van der Waals surface area contributed by atoms with Crippen LogP contribution in [-0.2, 0) is 42.9 Å². The second-order valence-electron chi connectivity index (χ2n) is 12.3. The minimum atomic E-state index is -1.42. The number of aromatic hydroxyl groups is 1. The topological polar surface area (TPSA) is 267 Å². The number of rotatable bonds is 18. The van der Waals surface area contributed by atoms with Crippen LogP contribution in [0.15, 0.2) is 42.7 Å². The van der Waals surface area contributed by atoms with Gasteiger partial charge in [-0.2, -0.15) is 8.78 Å². The fourth-order valence-corrected chi connectivity index (χ4v) is 5.09. The number of carboxylic acids is 1. The summed E-state index contributed by atoms with van der Waals surface area (Å²) in [4.78, 5) is 101. The third-order valence-electron chi connectivity index (χ3n) is 7.65. The molecule has 2 aromatic carbocycles. The van der Waals surface area contributed by atoms with E-state index in [1.165, 1.54) is 6.92 Å². The van der Waals surface area contributed by atoms with Crippen molar-refractivity contribution in [3.05, 3.63) is 79.5 Å². The van der Waals surface area contributed by atoms with Gasteiger partial charge in [0.2, 0.25) is 25.2 Å². The fourth-order valence-electron chi connectivity index (χ4n) is 4.76. The Labute approximate surface area is 354 Å². The van der Waals surface area contributed by atoms with Crippen molar-refractivity contribution in [3.8, 4) is 11.5 Å². The standard InChI is InChI=1S/C21H20F2O10.C15H12F2O6.C3H5BrO2/c1-11(24)29-9-31-17(27)6-4-3-5-16(26)14-7-13-8-15(22)20(32-10-30-12(2)25)18(23)19(13)33-21(14)28;16-9-6-7-5-8(10(18)3-1-2-4-11(19)20)15(22)23-14(7)12(17)13(9)21;1-3(5)6-2-4/h7-8H,3-6,9-10H2,1-2H3;5-6,21H,1-4H2,(H,19,20);2H2,1H3. The van der Waals surface area contributed by atoms with Crippen molar-refractivity contribution < 1.29 is 93.9 Å². The molecule has 23 heteroatoms. The lowest BCUT2D eigenvalue weighted by Gasteiger charge is -2.10. The van der Waals surface area contributed by atoms with Crippen molar-refractivity contribution in [2.24, 2.45) is 0 Å². The van der Waals surface area contributed by atoms with Crippen LogP contribution in [0.3, 0.4) is 0 Å². The molecule has 18 nitrogen and oxygen atoms in total. The zero-order valence-corrected chi connectivity index (χ0v) is 34.5. The second-order valence-corrected chi connectivity index (χ2v) is 12.8. The summed E-state index contributed by atoms with van der Waals surface area (Å²) in [5.41, 5.74) is -4.01. The lowest BCUT2D eigenvalue weighted by Crippen LogP contribution is -2.15. The number of alkyl halides is 1. The molecule has 0 radical (unpaired) electrons. The number of carbonyl (C=O) groups is 7. The number of halogens is 5. The molecule has 0 fully saturated rings. The number of esters is 4. The first-order chi connectivity index (χ1) is 29.2. The summed E-state index contributed by atoms with van der Waals surface area (Å²) < 4.78 is 87.8. The number of unbranched alkanes of at least 4 members (excludes halogenated alkanes) is 2. The molecular formula is C39H37BrF4O18. The van der Waals surface area contributed by atoms with Crippen molar-refractivity contribution in [2.45, 2.75) is 72.1 Å². The number of carbonyl (C=O) groups excluding carboxylic acids is 6. The minimum Gasteiger partial charge on any atom is -0.503 e. The molecule has 0 bridgehead atoms. The van der Waals surface area contributed by atoms with Crippen molar-refractivity contribution in [1.82, 2.24) is 0 Å². The van der Waals surface area contributed by atoms with Gasteiger partial charge in [-0.05, 0) is 65.9 Å². The van der Waals surface area contributed by atoms with Gasteiger partial charge < -0.3 is 42.7 Å². The lowest BCUT2D eigenvalue weighted by molar-refractivity contribution is -0.165. The molecule has 0 saturated heterocycles. The molecule has 0 aliphatic carbocycles. The van der Waals surface area contributed by atoms with Gasteiger partial charge >= 0.3 is 41.1 Å². The number of Topliss-reactive ketones (excluding diaryl/α,β-unsaturated/α-hetero) is 2. The SMILES string of the molecule is CC(=O)OCBr.CC(=O)OCOC(=O)CCCCC(=O)c1cc2cc(F)c(OCOC(C)=O)c(F)c2oc1=O.O=C(O)CCCCC(=O)c1cc2cc(F)c(O)c(F)c2oc1=O. The van der Waals surface area contributed by atoms with Crippen LogP contribution in [0.2, 0.25) is 0 Å². The molecule has 0 amide bonds. The van der Waals surface area contributed by atoms with Crippen LogP contribution in [-0.4, -0.2) is 70.7 Å². The summed E-state index contributed by atoms with van der Waals surface area (Å²) in [6.07, 6.45) is 0.593. The number of phenolic OH excluding ortho intramolecular Hbond substituents is 1. The molecule has 2 N–H and O–H groups in total. The number of ether oxygens (including phenoxy) is 5. The molecule has 2 aromatic heterocycles. The van der Waals surface area contributed by atoms with E-state index in [9.17, 15) is 60.7 Å². The summed E-state index contributed by atoms with van der Waals surface area (Å²) >= 11 is 2.91. The highest BCUT2D eigenvalue weighted by atomic mass is 79.9. The number of aliphatic carboxylic acids is 1. The highest BCUT2D eigenvalue weighted by Gasteiger charge is 2.22. The largest absolute Gasteiger partial charge is 0.503 e. The first kappa shape index (κ1) is 51.5. The van der Waals surface area contributed by atoms with E-state index in [4.69, 9.17) is 19.4 Å². The fraction of sp³-hybridized carbons (Fsp3) is 0.359. The zero-order chi connectivity index (χ0) is 46.7. The minimum absolute atomic E-state index is 0.0482. The van der Waals surface area contributed by atoms with Gasteiger partial charge in [-0.25, -0.2) is 18.4 Å². The van der Waals surface area contributed by atoms with Crippen molar-refractivity contribution in [3.63, 3.8) is 0 Å². The average Bonchev–Trinajstić information content (AvgIpc) is 3.19. The molecule has 0 unspecified atom stereocenters. The lowest BCUT2D eigenvalue weighted by atomic mass is 10.0. The summed E-state index contributed by atoms with van der Waals surface area (Å²) in [5, 5.41) is 17.3. The highest BCUT2D eigenvalue weighted by molar-refractivity contribution is 9.09. The molecule has 336 valence electrons. The average molecular weight is 950 g/mol. The molecule has 0 aliphatic rings. The van der Waals surface area contributed by atoms with E-state index < -0.39 is 112 Å². The predicted molar refractivity (Wildman–Crippen MR) is 205 cm³/mol. The molecule has 62 heavy (non-hydrogen) atoms. The maximum Gasteiger partial charge on any atom is 0.347 e. The number of hydrogen-bond donors (Lipinski definition) is 2. The van der Waals surface area contributed by atoms with E-state index in [0.717, 1.165) is 38.1 Å². The molecule has 2 heterocycles. The number of benzene rings is 2. The van der Waals surface area contributed by atoms with Crippen molar-refractivity contribution >= 4 is 79.3 Å². The van der Waals surface area contributed by atoms with Crippen molar-refractivity contribution in [2.75, 3.05) is 19.1 Å². The Balaban J connectivity index is 0.000000394. The number of carboxylic acid groups (broad SMARTS) is 1. The Kier molecular flexibility index (Phi) is 20.9. The van der Waals surface area contributed by atoms with Crippen LogP contribution in [0.4, 0.5) is 17.6 Å². The van der Waals surface area contributed by atoms with Gasteiger partial charge in [0.25, 0.3) is 0 Å². The Morgan fingerprint density at radius 3 is 1.53 bits per heavy atom. The Hall–Kier alpha value is -6.65. The zero-order valence-electron chi connectivity index (χ0n) is 32.9. The predicted octanol–water partition coefficient (Wildman–Crippen LogP) is 6.28. The van der Waals surface area contributed by atoms with E-state index in [2.05, 4.69) is 39.3 Å². The Bertz CT molecular complexity index is 2430. The maximum absolute atomic E-state index is 14.5. The van der Waals surface area contributed by atoms with E-state index in [-0.39, 0.29) is 73.7 Å². The van der Waals surface area contributed by atoms with Gasteiger partial charge in [-0.15, -0.1) is 0 Å². The van der Waals surface area contributed by atoms with Crippen LogP contribution in [0.25, 0.3) is 21.9 Å². The van der Waals surface area contributed by atoms with Crippen molar-refractivity contribution in [1.29, 1.82) is 0 Å². The summed E-state index contributed by atoms with van der Waals surface area (Å²) in [5.74, 6) is -11.8. The summed E-state index contributed by atoms with van der Waals surface area (Å²) in [7, 11) is 0. The summed E-state index contributed by atoms with van der Waals surface area (Å²) in [6.45, 7) is 2.33. The van der Waals surface area contributed by atoms with Gasteiger partial charge in [0.15, 0.2) is 45.9 Å². The van der Waals surface area contributed by atoms with Gasteiger partial charge in [0.1, 0.15) is 16.6 Å². The van der Waals surface area contributed by atoms with E-state index in [1.54, 1.807) is 0 Å². The van der Waals surface area contributed by atoms with Crippen LogP contribution < -0.4 is 16.0 Å². The van der Waals surface area contributed by atoms with E-state index in [0.29, 0.717) is 5.52 Å². The third kappa shape index (κ3) is 16.4. The molecule has 4 aromatic rings. The van der Waals surface area contributed by atoms with Crippen LogP contribution in [0, 0.1) is 23.3 Å². The molecule has 0 saturated carbocycles. The molecule has 4 rings (SSSR count). The van der Waals surface area contributed by atoms with Crippen LogP contribution >= 0.6 is 15.9 Å². The monoisotopic (exact) mass is 948 g/mol. The maximum atomic E-state index is 14.5. The molecule has 0 spiro atoms. The quantitative estimate of drug-likeness (QED) is 0.0162. The molecular weight excluding hydrogens is 912 g/mol. The number of ketones is 2. The van der Waals surface area contributed by atoms with Crippen LogP contribution in [0.1, 0.15) is 92.9 Å². The van der Waals surface area contributed by atoms with Gasteiger partial charge in [-0.3, -0.25) is 33.6 Å². The Morgan fingerprint density at radius 2 is 1.06 bits per heavy atom. The van der Waals surface area contributed by atoms with Gasteiger partial charge in [-0.1, -0.05) is 0 Å². The van der Waals surface area contributed by atoms with Crippen LogP contribution in [0.5, 0.6) is 11.5 Å². The summed E-state index contributed by atoms with van der Waals surface area (Å²) in [6, 6.07) is 3.55. The number of fused-ring (bicyclic) bond motifs is 2. The highest BCUT2D eigenvalue weighted by Crippen LogP contribution is 2.30. The van der Waals surface area contributed by atoms with Gasteiger partial charge in [0.05, 0.1) is 0 Å². The van der Waals surface area contributed by atoms with Gasteiger partial charge in [0, 0.05) is 57.2 Å². The Morgan fingerprint density at radius 1 is 0.613 bits per heavy atom. The van der Waals surface area contributed by atoms with E-state index in [1.807, 2.05) is 0 Å². The van der Waals surface area contributed by atoms with E-state index >= 15 is 0 Å². The molecule has 0 atom stereocenters. The number of hydrogen-bond acceptors (Lipinski definition) is 17. The first-order valence-electron chi connectivity index (χ1n) is 17.8. The first-order valence-corrected chi connectivity index (χ1v) is 18.9.